The minimum absolute atomic E-state index is 0.00892. The molecular weight excluding hydrogens is 364 g/mol. The first-order valence-electron chi connectivity index (χ1n) is 8.31. The van der Waals surface area contributed by atoms with Gasteiger partial charge < -0.3 is 10.1 Å². The van der Waals surface area contributed by atoms with E-state index in [9.17, 15) is 13.2 Å². The average Bonchev–Trinajstić information content (AvgIpc) is 3.10. The number of hydrogen-bond donors (Lipinski definition) is 1. The largest absolute Gasteiger partial charge is 0.379 e. The lowest BCUT2D eigenvalue weighted by molar-refractivity contribution is -0.116. The van der Waals surface area contributed by atoms with E-state index in [0.29, 0.717) is 38.4 Å². The van der Waals surface area contributed by atoms with Crippen LogP contribution in [0.25, 0.3) is 0 Å². The van der Waals surface area contributed by atoms with E-state index in [4.69, 9.17) is 16.3 Å². The molecule has 1 atom stereocenters. The molecule has 1 aliphatic carbocycles. The highest BCUT2D eigenvalue weighted by atomic mass is 35.5. The lowest BCUT2D eigenvalue weighted by Crippen LogP contribution is -2.40. The summed E-state index contributed by atoms with van der Waals surface area (Å²) in [5, 5.41) is 2.91. The highest BCUT2D eigenvalue weighted by molar-refractivity contribution is 7.89. The second-order valence-electron chi connectivity index (χ2n) is 6.18. The van der Waals surface area contributed by atoms with Crippen molar-refractivity contribution in [2.75, 3.05) is 31.6 Å². The SMILES string of the molecule is O=C(C[C@H]1C=CCC1)Nc1ccc(Cl)c(S(=O)(=O)N2CCOCC2)c1. The molecule has 1 fully saturated rings. The summed E-state index contributed by atoms with van der Waals surface area (Å²) in [6.07, 6.45) is 6.50. The van der Waals surface area contributed by atoms with Crippen molar-refractivity contribution in [3.63, 3.8) is 0 Å². The lowest BCUT2D eigenvalue weighted by atomic mass is 10.1. The summed E-state index contributed by atoms with van der Waals surface area (Å²) in [5.41, 5.74) is 0.434. The molecule has 25 heavy (non-hydrogen) atoms. The summed E-state index contributed by atoms with van der Waals surface area (Å²) >= 11 is 6.12. The van der Waals surface area contributed by atoms with Gasteiger partial charge in [-0.3, -0.25) is 4.79 Å². The Balaban J connectivity index is 1.75. The molecule has 1 N–H and O–H groups in total. The number of carbonyl (C=O) groups excluding carboxylic acids is 1. The molecule has 1 aromatic rings. The minimum Gasteiger partial charge on any atom is -0.379 e. The van der Waals surface area contributed by atoms with Crippen LogP contribution < -0.4 is 5.32 Å². The van der Waals surface area contributed by atoms with Gasteiger partial charge in [-0.05, 0) is 37.0 Å². The molecule has 0 unspecified atom stereocenters. The van der Waals surface area contributed by atoms with E-state index < -0.39 is 10.0 Å². The maximum Gasteiger partial charge on any atom is 0.244 e. The first-order chi connectivity index (χ1) is 12.0. The minimum atomic E-state index is -3.71. The molecule has 136 valence electrons. The fraction of sp³-hybridized carbons (Fsp3) is 0.471. The van der Waals surface area contributed by atoms with Crippen LogP contribution in [0.15, 0.2) is 35.2 Å². The van der Waals surface area contributed by atoms with Gasteiger partial charge in [0.2, 0.25) is 15.9 Å². The Morgan fingerprint density at radius 3 is 2.76 bits per heavy atom. The third-order valence-corrected chi connectivity index (χ3v) is 6.74. The number of allylic oxidation sites excluding steroid dienone is 2. The number of sulfonamides is 1. The normalized spacial score (nSPS) is 21.4. The monoisotopic (exact) mass is 384 g/mol. The predicted octanol–water partition coefficient (Wildman–Crippen LogP) is 2.66. The molecule has 6 nitrogen and oxygen atoms in total. The zero-order valence-electron chi connectivity index (χ0n) is 13.8. The van der Waals surface area contributed by atoms with E-state index in [1.54, 1.807) is 6.07 Å². The number of amides is 1. The third-order valence-electron chi connectivity index (χ3n) is 4.36. The Morgan fingerprint density at radius 2 is 2.08 bits per heavy atom. The second kappa shape index (κ2) is 7.86. The number of nitrogens with zero attached hydrogens (tertiary/aromatic N) is 1. The van der Waals surface area contributed by atoms with Crippen molar-refractivity contribution in [3.05, 3.63) is 35.4 Å². The summed E-state index contributed by atoms with van der Waals surface area (Å²) in [5.74, 6) is 0.123. The van der Waals surface area contributed by atoms with Crippen molar-refractivity contribution < 1.29 is 17.9 Å². The van der Waals surface area contributed by atoms with E-state index >= 15 is 0 Å². The Labute approximate surface area is 152 Å². The standard InChI is InChI=1S/C17H21ClN2O4S/c18-15-6-5-14(19-17(21)11-13-3-1-2-4-13)12-16(15)25(22,23)20-7-9-24-10-8-20/h1,3,5-6,12-13H,2,4,7-11H2,(H,19,21)/t13-/m0/s1. The Bertz CT molecular complexity index is 773. The molecule has 3 rings (SSSR count). The molecule has 8 heteroatoms. The number of rotatable bonds is 5. The maximum atomic E-state index is 12.8. The van der Waals surface area contributed by atoms with Gasteiger partial charge in [-0.25, -0.2) is 8.42 Å². The van der Waals surface area contributed by atoms with Gasteiger partial charge in [-0.2, -0.15) is 4.31 Å². The second-order valence-corrected chi connectivity index (χ2v) is 8.49. The molecule has 2 aliphatic rings. The summed E-state index contributed by atoms with van der Waals surface area (Å²) in [4.78, 5) is 12.2. The fourth-order valence-corrected chi connectivity index (χ4v) is 4.93. The zero-order valence-corrected chi connectivity index (χ0v) is 15.4. The molecule has 0 radical (unpaired) electrons. The van der Waals surface area contributed by atoms with Gasteiger partial charge in [0.05, 0.1) is 18.2 Å². The van der Waals surface area contributed by atoms with Gasteiger partial charge in [0.15, 0.2) is 0 Å². The van der Waals surface area contributed by atoms with Crippen LogP contribution in [0.5, 0.6) is 0 Å². The molecule has 1 aliphatic heterocycles. The van der Waals surface area contributed by atoms with Crippen molar-refractivity contribution in [1.29, 1.82) is 0 Å². The molecule has 1 heterocycles. The van der Waals surface area contributed by atoms with Crippen LogP contribution in [0, 0.1) is 5.92 Å². The maximum absolute atomic E-state index is 12.8. The smallest absolute Gasteiger partial charge is 0.244 e. The average molecular weight is 385 g/mol. The molecule has 1 saturated heterocycles. The molecule has 0 aromatic heterocycles. The highest BCUT2D eigenvalue weighted by Crippen LogP contribution is 2.29. The summed E-state index contributed by atoms with van der Waals surface area (Å²) < 4.78 is 32.1. The van der Waals surface area contributed by atoms with Crippen LogP contribution in [-0.4, -0.2) is 44.9 Å². The molecule has 0 bridgehead atoms. The van der Waals surface area contributed by atoms with Crippen molar-refractivity contribution >= 4 is 33.2 Å². The first kappa shape index (κ1) is 18.4. The van der Waals surface area contributed by atoms with E-state index in [1.165, 1.54) is 16.4 Å². The Kier molecular flexibility index (Phi) is 5.78. The number of nitrogens with one attached hydrogen (secondary N) is 1. The predicted molar refractivity (Wildman–Crippen MR) is 96.1 cm³/mol. The molecule has 1 amide bonds. The van der Waals surface area contributed by atoms with Crippen molar-refractivity contribution in [3.8, 4) is 0 Å². The molecule has 0 spiro atoms. The zero-order chi connectivity index (χ0) is 17.9. The Morgan fingerprint density at radius 1 is 1.32 bits per heavy atom. The van der Waals surface area contributed by atoms with Crippen molar-refractivity contribution in [1.82, 2.24) is 4.31 Å². The fourth-order valence-electron chi connectivity index (χ4n) is 3.02. The number of hydrogen-bond acceptors (Lipinski definition) is 4. The lowest BCUT2D eigenvalue weighted by Gasteiger charge is -2.26. The summed E-state index contributed by atoms with van der Waals surface area (Å²) in [7, 11) is -3.71. The number of morpholine rings is 1. The molecule has 0 saturated carbocycles. The quantitative estimate of drug-likeness (QED) is 0.792. The number of anilines is 1. The third kappa shape index (κ3) is 4.41. The van der Waals surface area contributed by atoms with Gasteiger partial charge in [-0.15, -0.1) is 0 Å². The van der Waals surface area contributed by atoms with Crippen LogP contribution in [0.4, 0.5) is 5.69 Å². The highest BCUT2D eigenvalue weighted by Gasteiger charge is 2.28. The number of halogens is 1. The van der Waals surface area contributed by atoms with E-state index in [2.05, 4.69) is 17.5 Å². The van der Waals surface area contributed by atoms with Gasteiger partial charge in [0.25, 0.3) is 0 Å². The van der Waals surface area contributed by atoms with E-state index in [0.717, 1.165) is 12.8 Å². The van der Waals surface area contributed by atoms with Crippen molar-refractivity contribution in [2.24, 2.45) is 5.92 Å². The van der Waals surface area contributed by atoms with Crippen LogP contribution in [0.3, 0.4) is 0 Å². The van der Waals surface area contributed by atoms with Crippen LogP contribution in [0.2, 0.25) is 5.02 Å². The van der Waals surface area contributed by atoms with Crippen LogP contribution >= 0.6 is 11.6 Å². The van der Waals surface area contributed by atoms with Gasteiger partial charge >= 0.3 is 0 Å². The summed E-state index contributed by atoms with van der Waals surface area (Å²) in [6, 6.07) is 4.54. The summed E-state index contributed by atoms with van der Waals surface area (Å²) in [6.45, 7) is 1.32. The number of benzene rings is 1. The first-order valence-corrected chi connectivity index (χ1v) is 10.1. The topological polar surface area (TPSA) is 75.7 Å². The van der Waals surface area contributed by atoms with Crippen LogP contribution in [0.1, 0.15) is 19.3 Å². The van der Waals surface area contributed by atoms with Crippen LogP contribution in [-0.2, 0) is 19.6 Å². The number of ether oxygens (including phenoxy) is 1. The van der Waals surface area contributed by atoms with E-state index in [-0.39, 0.29) is 21.7 Å². The van der Waals surface area contributed by atoms with Crippen molar-refractivity contribution in [2.45, 2.75) is 24.2 Å². The van der Waals surface area contributed by atoms with Gasteiger partial charge in [0.1, 0.15) is 4.90 Å². The molecular formula is C17H21ClN2O4S. The van der Waals surface area contributed by atoms with Gasteiger partial charge in [0, 0.05) is 25.2 Å². The molecule has 1 aromatic carbocycles. The van der Waals surface area contributed by atoms with Gasteiger partial charge in [-0.1, -0.05) is 23.8 Å². The van der Waals surface area contributed by atoms with E-state index in [1.807, 2.05) is 0 Å². The number of carbonyl (C=O) groups is 1. The Hall–Kier alpha value is -1.41.